The van der Waals surface area contributed by atoms with Crippen LogP contribution in [-0.4, -0.2) is 12.6 Å². The van der Waals surface area contributed by atoms with Crippen LogP contribution in [0, 0.1) is 0 Å². The molecule has 0 fully saturated rings. The van der Waals surface area contributed by atoms with Gasteiger partial charge >= 0.3 is 5.97 Å². The van der Waals surface area contributed by atoms with Gasteiger partial charge in [0.2, 0.25) is 0 Å². The Morgan fingerprint density at radius 3 is 1.32 bits per heavy atom. The number of rotatable bonds is 26. The fourth-order valence-corrected chi connectivity index (χ4v) is 3.87. The highest BCUT2D eigenvalue weighted by Crippen LogP contribution is 2.10. The van der Waals surface area contributed by atoms with Gasteiger partial charge in [0.1, 0.15) is 0 Å². The second-order valence-corrected chi connectivity index (χ2v) is 9.67. The predicted octanol–water partition coefficient (Wildman–Crippen LogP) is 11.3. The summed E-state index contributed by atoms with van der Waals surface area (Å²) in [5, 5.41) is 0. The van der Waals surface area contributed by atoms with Crippen molar-refractivity contribution in [1.29, 1.82) is 0 Å². The number of allylic oxidation sites excluding steroid dienone is 12. The molecule has 0 aromatic rings. The van der Waals surface area contributed by atoms with E-state index < -0.39 is 0 Å². The predicted molar refractivity (Wildman–Crippen MR) is 165 cm³/mol. The molecule has 0 N–H and O–H groups in total. The Bertz CT molecular complexity index is 648. The van der Waals surface area contributed by atoms with Crippen molar-refractivity contribution < 1.29 is 9.53 Å². The number of carbonyl (C=O) groups is 1. The zero-order valence-corrected chi connectivity index (χ0v) is 24.4. The molecule has 2 heteroatoms. The van der Waals surface area contributed by atoms with Gasteiger partial charge in [-0.05, 0) is 77.0 Å². The van der Waals surface area contributed by atoms with E-state index in [2.05, 4.69) is 86.8 Å². The van der Waals surface area contributed by atoms with Crippen molar-refractivity contribution in [2.45, 2.75) is 136 Å². The van der Waals surface area contributed by atoms with Crippen LogP contribution in [0.5, 0.6) is 0 Å². The summed E-state index contributed by atoms with van der Waals surface area (Å²) in [7, 11) is 0. The molecular formula is C35H58O2. The summed E-state index contributed by atoms with van der Waals surface area (Å²) in [5.74, 6) is -0.0143. The fourth-order valence-electron chi connectivity index (χ4n) is 3.87. The average molecular weight is 511 g/mol. The number of carbonyl (C=O) groups excluding carboxylic acids is 1. The van der Waals surface area contributed by atoms with E-state index in [4.69, 9.17) is 4.74 Å². The van der Waals surface area contributed by atoms with Gasteiger partial charge in [-0.3, -0.25) is 4.79 Å². The maximum Gasteiger partial charge on any atom is 0.305 e. The minimum absolute atomic E-state index is 0.0143. The first-order valence-electron chi connectivity index (χ1n) is 15.4. The number of ether oxygens (including phenoxy) is 1. The Kier molecular flexibility index (Phi) is 30.1. The molecule has 0 bridgehead atoms. The van der Waals surface area contributed by atoms with Gasteiger partial charge < -0.3 is 4.74 Å². The van der Waals surface area contributed by atoms with Gasteiger partial charge in [0.15, 0.2) is 0 Å². The Hall–Kier alpha value is -2.09. The van der Waals surface area contributed by atoms with Crippen LogP contribution in [-0.2, 0) is 9.53 Å². The van der Waals surface area contributed by atoms with Gasteiger partial charge in [-0.1, -0.05) is 125 Å². The maximum atomic E-state index is 11.9. The van der Waals surface area contributed by atoms with Crippen molar-refractivity contribution >= 4 is 5.97 Å². The van der Waals surface area contributed by atoms with Gasteiger partial charge in [-0.25, -0.2) is 0 Å². The van der Waals surface area contributed by atoms with Crippen molar-refractivity contribution in [3.63, 3.8) is 0 Å². The molecule has 0 unspecified atom stereocenters. The van der Waals surface area contributed by atoms with Crippen molar-refractivity contribution in [3.8, 4) is 0 Å². The molecule has 0 saturated heterocycles. The second kappa shape index (κ2) is 31.9. The Balaban J connectivity index is 3.34. The summed E-state index contributed by atoms with van der Waals surface area (Å²) in [6.45, 7) is 4.92. The molecule has 0 saturated carbocycles. The normalized spacial score (nSPS) is 12.6. The average Bonchev–Trinajstić information content (AvgIpc) is 2.90. The number of esters is 1. The van der Waals surface area contributed by atoms with E-state index in [0.717, 1.165) is 64.2 Å². The number of hydrogen-bond donors (Lipinski definition) is 0. The molecule has 0 rings (SSSR count). The second-order valence-electron chi connectivity index (χ2n) is 9.67. The van der Waals surface area contributed by atoms with Crippen molar-refractivity contribution in [1.82, 2.24) is 0 Å². The molecule has 0 aromatic carbocycles. The van der Waals surface area contributed by atoms with Crippen LogP contribution in [0.2, 0.25) is 0 Å². The molecule has 0 spiro atoms. The van der Waals surface area contributed by atoms with Crippen LogP contribution >= 0.6 is 0 Å². The van der Waals surface area contributed by atoms with Gasteiger partial charge in [0.05, 0.1) is 6.61 Å². The largest absolute Gasteiger partial charge is 0.466 e. The quantitative estimate of drug-likeness (QED) is 0.0657. The standard InChI is InChI=1S/C35H58O2/c1-3-5-7-9-11-13-15-17-19-20-22-24-26-28-30-32-34-37-35(36)33-31-29-27-25-23-21-18-16-14-12-10-8-6-4-2/h5-8,11-14,17-19,21H,3-4,9-10,15-16,20,22-34H2,1-2H3/b7-5+,8-6+,13-11+,14-12+,19-17+,21-18+. The van der Waals surface area contributed by atoms with E-state index >= 15 is 0 Å². The van der Waals surface area contributed by atoms with Crippen molar-refractivity contribution in [3.05, 3.63) is 72.9 Å². The summed E-state index contributed by atoms with van der Waals surface area (Å²) in [4.78, 5) is 11.9. The number of hydrogen-bond acceptors (Lipinski definition) is 2. The molecule has 37 heavy (non-hydrogen) atoms. The van der Waals surface area contributed by atoms with Crippen molar-refractivity contribution in [2.24, 2.45) is 0 Å². The third kappa shape index (κ3) is 31.9. The van der Waals surface area contributed by atoms with Gasteiger partial charge in [-0.15, -0.1) is 0 Å². The highest BCUT2D eigenvalue weighted by Gasteiger charge is 2.02. The topological polar surface area (TPSA) is 26.3 Å². The lowest BCUT2D eigenvalue weighted by molar-refractivity contribution is -0.143. The first-order chi connectivity index (χ1) is 18.3. The molecule has 0 aromatic heterocycles. The fraction of sp³-hybridized carbons (Fsp3) is 0.629. The molecule has 0 heterocycles. The summed E-state index contributed by atoms with van der Waals surface area (Å²) in [5.41, 5.74) is 0. The lowest BCUT2D eigenvalue weighted by Crippen LogP contribution is -2.05. The Morgan fingerprint density at radius 2 is 0.838 bits per heavy atom. The third-order valence-electron chi connectivity index (χ3n) is 6.09. The Morgan fingerprint density at radius 1 is 0.459 bits per heavy atom. The van der Waals surface area contributed by atoms with Crippen molar-refractivity contribution in [2.75, 3.05) is 6.61 Å². The first-order valence-corrected chi connectivity index (χ1v) is 15.4. The molecule has 210 valence electrons. The van der Waals surface area contributed by atoms with Crippen LogP contribution < -0.4 is 0 Å². The molecule has 0 aliphatic carbocycles. The highest BCUT2D eigenvalue weighted by molar-refractivity contribution is 5.69. The maximum absolute atomic E-state index is 11.9. The van der Waals surface area contributed by atoms with Crippen LogP contribution in [0.3, 0.4) is 0 Å². The number of unbranched alkanes of at least 4 members (excludes halogenated alkanes) is 10. The minimum atomic E-state index is -0.0143. The first kappa shape index (κ1) is 34.9. The molecule has 0 aliphatic heterocycles. The van der Waals surface area contributed by atoms with Crippen LogP contribution in [0.15, 0.2) is 72.9 Å². The molecule has 0 aliphatic rings. The zero-order valence-electron chi connectivity index (χ0n) is 24.4. The molecule has 0 amide bonds. The summed E-state index contributed by atoms with van der Waals surface area (Å²) < 4.78 is 5.40. The van der Waals surface area contributed by atoms with E-state index in [-0.39, 0.29) is 5.97 Å². The van der Waals surface area contributed by atoms with E-state index in [1.165, 1.54) is 51.4 Å². The van der Waals surface area contributed by atoms with E-state index in [9.17, 15) is 4.79 Å². The lowest BCUT2D eigenvalue weighted by atomic mass is 10.1. The van der Waals surface area contributed by atoms with Crippen LogP contribution in [0.4, 0.5) is 0 Å². The minimum Gasteiger partial charge on any atom is -0.466 e. The summed E-state index contributed by atoms with van der Waals surface area (Å²) in [6, 6.07) is 0. The highest BCUT2D eigenvalue weighted by atomic mass is 16.5. The van der Waals surface area contributed by atoms with E-state index in [1.807, 2.05) is 0 Å². The monoisotopic (exact) mass is 510 g/mol. The van der Waals surface area contributed by atoms with Crippen LogP contribution in [0.1, 0.15) is 136 Å². The third-order valence-corrected chi connectivity index (χ3v) is 6.09. The molecule has 0 atom stereocenters. The van der Waals surface area contributed by atoms with Gasteiger partial charge in [-0.2, -0.15) is 0 Å². The van der Waals surface area contributed by atoms with E-state index in [1.54, 1.807) is 0 Å². The summed E-state index contributed by atoms with van der Waals surface area (Å²) >= 11 is 0. The zero-order chi connectivity index (χ0) is 26.9. The van der Waals surface area contributed by atoms with Gasteiger partial charge in [0, 0.05) is 6.42 Å². The van der Waals surface area contributed by atoms with E-state index in [0.29, 0.717) is 13.0 Å². The lowest BCUT2D eigenvalue weighted by Gasteiger charge is -2.05. The summed E-state index contributed by atoms with van der Waals surface area (Å²) in [6.07, 6.45) is 48.0. The molecule has 0 radical (unpaired) electrons. The van der Waals surface area contributed by atoms with Gasteiger partial charge in [0.25, 0.3) is 0 Å². The SMILES string of the molecule is CC/C=C/C/C=C/C/C=C/CCCCCCCCOC(=O)CCCCCC/C=C/C/C=C/C/C=C/CC. The molecular weight excluding hydrogens is 452 g/mol. The Labute approximate surface area is 230 Å². The molecule has 2 nitrogen and oxygen atoms in total. The van der Waals surface area contributed by atoms with Crippen LogP contribution in [0.25, 0.3) is 0 Å². The smallest absolute Gasteiger partial charge is 0.305 e.